The monoisotopic (exact) mass is 491 g/mol. The second-order valence-electron chi connectivity index (χ2n) is 8.99. The first-order valence-electron chi connectivity index (χ1n) is 12.1. The Bertz CT molecular complexity index is 1320. The maximum atomic E-state index is 14.1. The van der Waals surface area contributed by atoms with Crippen LogP contribution in [-0.2, 0) is 13.0 Å². The van der Waals surface area contributed by atoms with Crippen molar-refractivity contribution in [3.63, 3.8) is 0 Å². The van der Waals surface area contributed by atoms with Crippen LogP contribution in [0.2, 0.25) is 0 Å². The summed E-state index contributed by atoms with van der Waals surface area (Å²) >= 11 is 0. The van der Waals surface area contributed by atoms with Crippen molar-refractivity contribution in [2.45, 2.75) is 45.2 Å². The molecule has 3 N–H and O–H groups in total. The van der Waals surface area contributed by atoms with Crippen LogP contribution in [0.4, 0.5) is 20.4 Å². The summed E-state index contributed by atoms with van der Waals surface area (Å²) in [7, 11) is 0. The summed E-state index contributed by atoms with van der Waals surface area (Å²) in [6.07, 6.45) is 7.22. The fourth-order valence-corrected chi connectivity index (χ4v) is 3.92. The Labute approximate surface area is 209 Å². The lowest BCUT2D eigenvalue weighted by molar-refractivity contribution is 0.290. The first-order chi connectivity index (χ1) is 17.4. The van der Waals surface area contributed by atoms with Gasteiger partial charge in [0.15, 0.2) is 5.65 Å². The van der Waals surface area contributed by atoms with E-state index >= 15 is 0 Å². The van der Waals surface area contributed by atoms with E-state index < -0.39 is 0 Å². The summed E-state index contributed by atoms with van der Waals surface area (Å²) in [4.78, 5) is 4.76. The van der Waals surface area contributed by atoms with Crippen molar-refractivity contribution in [3.05, 3.63) is 101 Å². The lowest BCUT2D eigenvalue weighted by Gasteiger charge is -2.16. The predicted octanol–water partition coefficient (Wildman–Crippen LogP) is 5.70. The Morgan fingerprint density at radius 2 is 1.86 bits per heavy atom. The Morgan fingerprint density at radius 1 is 1.08 bits per heavy atom. The van der Waals surface area contributed by atoms with Crippen molar-refractivity contribution in [2.24, 2.45) is 0 Å². The molecule has 6 nitrogen and oxygen atoms in total. The van der Waals surface area contributed by atoms with Crippen LogP contribution < -0.4 is 10.6 Å². The first-order valence-corrected chi connectivity index (χ1v) is 12.1. The SMILES string of the molecule is CC(C)c1cnn2c(NCc3ccccc3F)cc(N[C@H](/C=C\CCc3ccc(F)cc3)CO)nc12. The number of aryl methyl sites for hydroxylation is 1. The van der Waals surface area contributed by atoms with Crippen LogP contribution >= 0.6 is 0 Å². The zero-order valence-corrected chi connectivity index (χ0v) is 20.5. The van der Waals surface area contributed by atoms with Gasteiger partial charge < -0.3 is 15.7 Å². The highest BCUT2D eigenvalue weighted by molar-refractivity contribution is 5.61. The lowest BCUT2D eigenvalue weighted by Crippen LogP contribution is -2.22. The molecular formula is C28H31F2N5O. The number of fused-ring (bicyclic) bond motifs is 1. The highest BCUT2D eigenvalue weighted by Gasteiger charge is 2.15. The van der Waals surface area contributed by atoms with Crippen molar-refractivity contribution in [3.8, 4) is 0 Å². The molecule has 0 spiro atoms. The van der Waals surface area contributed by atoms with Gasteiger partial charge in [-0.3, -0.25) is 0 Å². The summed E-state index contributed by atoms with van der Waals surface area (Å²) in [5.41, 5.74) is 3.28. The number of hydrogen-bond acceptors (Lipinski definition) is 5. The molecule has 0 saturated carbocycles. The highest BCUT2D eigenvalue weighted by atomic mass is 19.1. The quantitative estimate of drug-likeness (QED) is 0.235. The summed E-state index contributed by atoms with van der Waals surface area (Å²) in [5.74, 6) is 0.926. The van der Waals surface area contributed by atoms with Crippen LogP contribution in [0.3, 0.4) is 0 Å². The number of halogens is 2. The average molecular weight is 492 g/mol. The molecule has 4 rings (SSSR count). The molecule has 0 amide bonds. The molecule has 36 heavy (non-hydrogen) atoms. The van der Waals surface area contributed by atoms with E-state index in [-0.39, 0.29) is 36.7 Å². The minimum Gasteiger partial charge on any atom is -0.394 e. The van der Waals surface area contributed by atoms with Gasteiger partial charge in [0, 0.05) is 23.7 Å². The Hall–Kier alpha value is -3.78. The summed E-state index contributed by atoms with van der Waals surface area (Å²) in [6.45, 7) is 4.32. The van der Waals surface area contributed by atoms with E-state index in [9.17, 15) is 13.9 Å². The third kappa shape index (κ3) is 6.26. The standard InChI is InChI=1S/C28H31F2N5O/c1-19(2)24-17-32-35-27(31-16-21-8-4-6-10-25(21)30)15-26(34-28(24)35)33-23(18-36)9-5-3-7-20-11-13-22(29)14-12-20/h4-6,8-15,17,19,23,31,36H,3,7,16,18H2,1-2H3,(H,33,34)/b9-5-/t23-/m1/s1. The van der Waals surface area contributed by atoms with Gasteiger partial charge in [0.1, 0.15) is 23.3 Å². The number of aliphatic hydroxyl groups is 1. The number of allylic oxidation sites excluding steroid dienone is 1. The third-order valence-corrected chi connectivity index (χ3v) is 5.95. The van der Waals surface area contributed by atoms with E-state index in [4.69, 9.17) is 4.98 Å². The van der Waals surface area contributed by atoms with Gasteiger partial charge in [-0.05, 0) is 42.5 Å². The molecule has 0 radical (unpaired) electrons. The number of hydrogen-bond donors (Lipinski definition) is 3. The highest BCUT2D eigenvalue weighted by Crippen LogP contribution is 2.25. The van der Waals surface area contributed by atoms with E-state index in [1.807, 2.05) is 12.2 Å². The van der Waals surface area contributed by atoms with Gasteiger partial charge in [-0.15, -0.1) is 0 Å². The van der Waals surface area contributed by atoms with Gasteiger partial charge in [0.2, 0.25) is 0 Å². The number of rotatable bonds is 11. The molecule has 2 aromatic carbocycles. The number of nitrogens with zero attached hydrogens (tertiary/aromatic N) is 3. The number of benzene rings is 2. The van der Waals surface area contributed by atoms with E-state index in [1.54, 1.807) is 47.1 Å². The van der Waals surface area contributed by atoms with Crippen LogP contribution in [0, 0.1) is 11.6 Å². The number of nitrogens with one attached hydrogen (secondary N) is 2. The largest absolute Gasteiger partial charge is 0.394 e. The average Bonchev–Trinajstić information content (AvgIpc) is 3.31. The third-order valence-electron chi connectivity index (χ3n) is 5.95. The van der Waals surface area contributed by atoms with Gasteiger partial charge in [0.25, 0.3) is 0 Å². The molecule has 188 valence electrons. The minimum atomic E-state index is -0.349. The molecule has 0 fully saturated rings. The summed E-state index contributed by atoms with van der Waals surface area (Å²) in [5, 5.41) is 21.0. The lowest BCUT2D eigenvalue weighted by atomic mass is 10.1. The Kier molecular flexibility index (Phi) is 8.28. The zero-order chi connectivity index (χ0) is 25.5. The fraction of sp³-hybridized carbons (Fsp3) is 0.286. The molecule has 2 heterocycles. The molecule has 0 aliphatic rings. The van der Waals surface area contributed by atoms with Crippen molar-refractivity contribution >= 4 is 17.3 Å². The molecule has 0 saturated heterocycles. The van der Waals surface area contributed by atoms with E-state index in [0.717, 1.165) is 24.0 Å². The normalized spacial score (nSPS) is 12.5. The van der Waals surface area contributed by atoms with Crippen LogP contribution in [0.5, 0.6) is 0 Å². The first kappa shape index (κ1) is 25.3. The smallest absolute Gasteiger partial charge is 0.163 e. The van der Waals surface area contributed by atoms with Crippen LogP contribution in [0.1, 0.15) is 42.9 Å². The molecule has 2 aromatic heterocycles. The summed E-state index contributed by atoms with van der Waals surface area (Å²) in [6, 6.07) is 14.6. The summed E-state index contributed by atoms with van der Waals surface area (Å²) < 4.78 is 28.9. The maximum absolute atomic E-state index is 14.1. The molecule has 4 aromatic rings. The fourth-order valence-electron chi connectivity index (χ4n) is 3.92. The van der Waals surface area contributed by atoms with Gasteiger partial charge in [-0.1, -0.05) is 56.3 Å². The van der Waals surface area contributed by atoms with Gasteiger partial charge in [0.05, 0.1) is 18.8 Å². The molecule has 0 bridgehead atoms. The van der Waals surface area contributed by atoms with Gasteiger partial charge in [-0.2, -0.15) is 9.61 Å². The van der Waals surface area contributed by atoms with Crippen molar-refractivity contribution < 1.29 is 13.9 Å². The van der Waals surface area contributed by atoms with Crippen LogP contribution in [0.15, 0.2) is 72.9 Å². The van der Waals surface area contributed by atoms with Crippen LogP contribution in [-0.4, -0.2) is 32.4 Å². The molecule has 0 unspecified atom stereocenters. The molecule has 0 aliphatic heterocycles. The Morgan fingerprint density at radius 3 is 2.58 bits per heavy atom. The maximum Gasteiger partial charge on any atom is 0.163 e. The van der Waals surface area contributed by atoms with Crippen molar-refractivity contribution in [1.82, 2.24) is 14.6 Å². The molecule has 1 atom stereocenters. The Balaban J connectivity index is 1.51. The number of aromatic nitrogens is 3. The van der Waals surface area contributed by atoms with E-state index in [1.165, 1.54) is 18.2 Å². The predicted molar refractivity (Wildman–Crippen MR) is 139 cm³/mol. The number of anilines is 2. The molecular weight excluding hydrogens is 460 g/mol. The van der Waals surface area contributed by atoms with E-state index in [0.29, 0.717) is 22.8 Å². The second-order valence-corrected chi connectivity index (χ2v) is 8.99. The molecule has 0 aliphatic carbocycles. The van der Waals surface area contributed by atoms with Crippen molar-refractivity contribution in [1.29, 1.82) is 0 Å². The van der Waals surface area contributed by atoms with Crippen LogP contribution in [0.25, 0.3) is 5.65 Å². The topological polar surface area (TPSA) is 74.5 Å². The number of aliphatic hydroxyl groups excluding tert-OH is 1. The van der Waals surface area contributed by atoms with E-state index in [2.05, 4.69) is 29.6 Å². The van der Waals surface area contributed by atoms with Gasteiger partial charge >= 0.3 is 0 Å². The van der Waals surface area contributed by atoms with Crippen molar-refractivity contribution in [2.75, 3.05) is 17.2 Å². The second kappa shape index (κ2) is 11.8. The molecule has 8 heteroatoms. The minimum absolute atomic E-state index is 0.117. The van der Waals surface area contributed by atoms with Gasteiger partial charge in [-0.25, -0.2) is 13.8 Å². The zero-order valence-electron chi connectivity index (χ0n) is 20.5.